The monoisotopic (exact) mass is 276 g/mol. The first-order chi connectivity index (χ1) is 9.13. The molecule has 98 valence electrons. The maximum Gasteiger partial charge on any atom is 0.199 e. The molecule has 0 fully saturated rings. The minimum Gasteiger partial charge on any atom is -0.496 e. The van der Waals surface area contributed by atoms with Gasteiger partial charge in [0.15, 0.2) is 5.78 Å². The lowest BCUT2D eigenvalue weighted by Crippen LogP contribution is -2.13. The van der Waals surface area contributed by atoms with Gasteiger partial charge in [0.25, 0.3) is 0 Å². The van der Waals surface area contributed by atoms with Gasteiger partial charge in [0.2, 0.25) is 0 Å². The number of hydrogen-bond donors (Lipinski definition) is 1. The SMILES string of the molecule is COc1ccc(Cl)cc1C(=O)C(O)c1ccccc1. The zero-order valence-corrected chi connectivity index (χ0v) is 11.1. The summed E-state index contributed by atoms with van der Waals surface area (Å²) in [6.07, 6.45) is -1.23. The van der Waals surface area contributed by atoms with Crippen LogP contribution in [0.15, 0.2) is 48.5 Å². The van der Waals surface area contributed by atoms with E-state index >= 15 is 0 Å². The summed E-state index contributed by atoms with van der Waals surface area (Å²) in [6, 6.07) is 13.5. The second kappa shape index (κ2) is 5.87. The topological polar surface area (TPSA) is 46.5 Å². The molecule has 19 heavy (non-hydrogen) atoms. The molecule has 1 unspecified atom stereocenters. The minimum absolute atomic E-state index is 0.270. The maximum atomic E-state index is 12.3. The number of benzene rings is 2. The first-order valence-corrected chi connectivity index (χ1v) is 6.12. The number of carbonyl (C=O) groups is 1. The third kappa shape index (κ3) is 2.95. The number of aliphatic hydroxyl groups is 1. The highest BCUT2D eigenvalue weighted by Crippen LogP contribution is 2.27. The fourth-order valence-corrected chi connectivity index (χ4v) is 1.98. The number of Topliss-reactive ketones (excluding diaryl/α,β-unsaturated/α-hetero) is 1. The highest BCUT2D eigenvalue weighted by atomic mass is 35.5. The standard InChI is InChI=1S/C15H13ClO3/c1-19-13-8-7-11(16)9-12(13)15(18)14(17)10-5-3-2-4-6-10/h2-9,14,17H,1H3. The summed E-state index contributed by atoms with van der Waals surface area (Å²) in [5, 5.41) is 10.5. The molecule has 0 aliphatic heterocycles. The van der Waals surface area contributed by atoms with Crippen molar-refractivity contribution in [3.63, 3.8) is 0 Å². The van der Waals surface area contributed by atoms with Gasteiger partial charge in [-0.15, -0.1) is 0 Å². The van der Waals surface area contributed by atoms with E-state index in [-0.39, 0.29) is 5.56 Å². The number of rotatable bonds is 4. The van der Waals surface area contributed by atoms with E-state index in [2.05, 4.69) is 0 Å². The Morgan fingerprint density at radius 2 is 1.89 bits per heavy atom. The molecular formula is C15H13ClO3. The summed E-state index contributed by atoms with van der Waals surface area (Å²) in [5.74, 6) is -0.0464. The number of ketones is 1. The lowest BCUT2D eigenvalue weighted by Gasteiger charge is -2.13. The van der Waals surface area contributed by atoms with E-state index in [0.717, 1.165) is 0 Å². The van der Waals surface area contributed by atoms with E-state index in [1.807, 2.05) is 6.07 Å². The predicted molar refractivity (Wildman–Crippen MR) is 73.7 cm³/mol. The zero-order chi connectivity index (χ0) is 13.8. The van der Waals surface area contributed by atoms with Gasteiger partial charge in [-0.25, -0.2) is 0 Å². The van der Waals surface area contributed by atoms with Crippen molar-refractivity contribution in [2.24, 2.45) is 0 Å². The predicted octanol–water partition coefficient (Wildman–Crippen LogP) is 3.26. The van der Waals surface area contributed by atoms with Crippen molar-refractivity contribution in [1.29, 1.82) is 0 Å². The molecule has 2 aromatic carbocycles. The van der Waals surface area contributed by atoms with E-state index in [9.17, 15) is 9.90 Å². The Kier molecular flexibility index (Phi) is 4.20. The summed E-state index contributed by atoms with van der Waals surface area (Å²) in [6.45, 7) is 0. The Balaban J connectivity index is 2.37. The molecule has 1 N–H and O–H groups in total. The van der Waals surface area contributed by atoms with Crippen LogP contribution < -0.4 is 4.74 Å². The maximum absolute atomic E-state index is 12.3. The zero-order valence-electron chi connectivity index (χ0n) is 10.3. The van der Waals surface area contributed by atoms with Crippen molar-refractivity contribution in [3.05, 3.63) is 64.7 Å². The minimum atomic E-state index is -1.23. The van der Waals surface area contributed by atoms with Crippen LogP contribution in [0, 0.1) is 0 Å². The summed E-state index contributed by atoms with van der Waals surface area (Å²) >= 11 is 5.88. The molecule has 0 aliphatic carbocycles. The van der Waals surface area contributed by atoms with E-state index in [1.54, 1.807) is 36.4 Å². The molecule has 0 heterocycles. The van der Waals surface area contributed by atoms with Crippen LogP contribution in [0.4, 0.5) is 0 Å². The highest BCUT2D eigenvalue weighted by Gasteiger charge is 2.22. The highest BCUT2D eigenvalue weighted by molar-refractivity contribution is 6.31. The third-order valence-electron chi connectivity index (χ3n) is 2.79. The molecule has 0 saturated heterocycles. The van der Waals surface area contributed by atoms with Crippen LogP contribution >= 0.6 is 11.6 Å². The number of hydrogen-bond acceptors (Lipinski definition) is 3. The smallest absolute Gasteiger partial charge is 0.199 e. The van der Waals surface area contributed by atoms with Gasteiger partial charge in [0.05, 0.1) is 12.7 Å². The average molecular weight is 277 g/mol. The summed E-state index contributed by atoms with van der Waals surface area (Å²) in [7, 11) is 1.47. The van der Waals surface area contributed by atoms with Crippen LogP contribution in [0.2, 0.25) is 5.02 Å². The molecule has 2 rings (SSSR count). The molecule has 1 atom stereocenters. The summed E-state index contributed by atoms with van der Waals surface area (Å²) in [4.78, 5) is 12.3. The Hall–Kier alpha value is -1.84. The van der Waals surface area contributed by atoms with Crippen molar-refractivity contribution in [2.45, 2.75) is 6.10 Å². The fraction of sp³-hybridized carbons (Fsp3) is 0.133. The van der Waals surface area contributed by atoms with E-state index in [1.165, 1.54) is 13.2 Å². The van der Waals surface area contributed by atoms with E-state index in [4.69, 9.17) is 16.3 Å². The van der Waals surface area contributed by atoms with Gasteiger partial charge >= 0.3 is 0 Å². The van der Waals surface area contributed by atoms with Crippen LogP contribution in [0.1, 0.15) is 22.0 Å². The molecule has 0 aliphatic rings. The summed E-state index contributed by atoms with van der Waals surface area (Å²) in [5.41, 5.74) is 0.806. The van der Waals surface area contributed by atoms with Crippen molar-refractivity contribution >= 4 is 17.4 Å². The van der Waals surface area contributed by atoms with Gasteiger partial charge in [-0.05, 0) is 23.8 Å². The van der Waals surface area contributed by atoms with Crippen LogP contribution in [0.25, 0.3) is 0 Å². The molecule has 4 heteroatoms. The van der Waals surface area contributed by atoms with Gasteiger partial charge < -0.3 is 9.84 Å². The number of halogens is 1. The average Bonchev–Trinajstić information content (AvgIpc) is 2.46. The quantitative estimate of drug-likeness (QED) is 0.872. The van der Waals surface area contributed by atoms with E-state index < -0.39 is 11.9 Å². The van der Waals surface area contributed by atoms with Crippen LogP contribution in [-0.4, -0.2) is 18.0 Å². The molecule has 0 radical (unpaired) electrons. The Morgan fingerprint density at radius 3 is 2.53 bits per heavy atom. The molecule has 3 nitrogen and oxygen atoms in total. The molecular weight excluding hydrogens is 264 g/mol. The van der Waals surface area contributed by atoms with E-state index in [0.29, 0.717) is 16.3 Å². The Labute approximate surface area is 116 Å². The van der Waals surface area contributed by atoms with Crippen molar-refractivity contribution in [2.75, 3.05) is 7.11 Å². The van der Waals surface area contributed by atoms with Gasteiger partial charge in [-0.2, -0.15) is 0 Å². The summed E-state index contributed by atoms with van der Waals surface area (Å²) < 4.78 is 5.12. The molecule has 0 saturated carbocycles. The second-order valence-corrected chi connectivity index (χ2v) is 4.46. The lowest BCUT2D eigenvalue weighted by atomic mass is 9.99. The first kappa shape index (κ1) is 13.6. The van der Waals surface area contributed by atoms with Crippen molar-refractivity contribution < 1.29 is 14.6 Å². The second-order valence-electron chi connectivity index (χ2n) is 4.02. The Bertz CT molecular complexity index is 581. The molecule has 0 aromatic heterocycles. The number of ether oxygens (including phenoxy) is 1. The molecule has 0 spiro atoms. The number of carbonyl (C=O) groups excluding carboxylic acids is 1. The van der Waals surface area contributed by atoms with Gasteiger partial charge in [-0.3, -0.25) is 4.79 Å². The van der Waals surface area contributed by atoms with Crippen LogP contribution in [-0.2, 0) is 0 Å². The number of aliphatic hydroxyl groups excluding tert-OH is 1. The molecule has 0 bridgehead atoms. The van der Waals surface area contributed by atoms with Crippen LogP contribution in [0.3, 0.4) is 0 Å². The van der Waals surface area contributed by atoms with Gasteiger partial charge in [0, 0.05) is 5.02 Å². The molecule has 0 amide bonds. The normalized spacial score (nSPS) is 11.9. The first-order valence-electron chi connectivity index (χ1n) is 5.74. The fourth-order valence-electron chi connectivity index (χ4n) is 1.81. The van der Waals surface area contributed by atoms with Gasteiger partial charge in [-0.1, -0.05) is 41.9 Å². The van der Waals surface area contributed by atoms with Gasteiger partial charge in [0.1, 0.15) is 11.9 Å². The largest absolute Gasteiger partial charge is 0.496 e. The van der Waals surface area contributed by atoms with Crippen molar-refractivity contribution in [1.82, 2.24) is 0 Å². The molecule has 2 aromatic rings. The number of methoxy groups -OCH3 is 1. The van der Waals surface area contributed by atoms with Crippen molar-refractivity contribution in [3.8, 4) is 5.75 Å². The Morgan fingerprint density at radius 1 is 1.21 bits per heavy atom. The van der Waals surface area contributed by atoms with Crippen LogP contribution in [0.5, 0.6) is 5.75 Å². The lowest BCUT2D eigenvalue weighted by molar-refractivity contribution is 0.0744. The third-order valence-corrected chi connectivity index (χ3v) is 3.03.